The van der Waals surface area contributed by atoms with E-state index in [0.29, 0.717) is 18.0 Å². The summed E-state index contributed by atoms with van der Waals surface area (Å²) in [5, 5.41) is 19.3. The van der Waals surface area contributed by atoms with Gasteiger partial charge in [0.1, 0.15) is 5.82 Å². The molecule has 0 saturated heterocycles. The van der Waals surface area contributed by atoms with Gasteiger partial charge in [0.25, 0.3) is 5.91 Å². The maximum Gasteiger partial charge on any atom is 0.251 e. The SMILES string of the molecule is O=C(NCC1CC2CCCC(C2)C1)c1cccc2nc(NCCNCCO)ccc12. The Hall–Kier alpha value is -2.18. The highest BCUT2D eigenvalue weighted by molar-refractivity contribution is 6.06. The van der Waals surface area contributed by atoms with Gasteiger partial charge in [-0.3, -0.25) is 4.79 Å². The van der Waals surface area contributed by atoms with Gasteiger partial charge < -0.3 is 21.1 Å². The predicted octanol–water partition coefficient (Wildman–Crippen LogP) is 3.17. The number of pyridine rings is 1. The Balaban J connectivity index is 1.35. The van der Waals surface area contributed by atoms with Crippen molar-refractivity contribution in [3.05, 3.63) is 35.9 Å². The number of aromatic nitrogens is 1. The van der Waals surface area contributed by atoms with Crippen molar-refractivity contribution in [3.8, 4) is 0 Å². The second-order valence-corrected chi connectivity index (χ2v) is 8.92. The molecule has 0 spiro atoms. The first-order chi connectivity index (χ1) is 14.7. The molecule has 4 rings (SSSR count). The molecule has 2 aromatic rings. The van der Waals surface area contributed by atoms with Crippen molar-refractivity contribution in [1.82, 2.24) is 15.6 Å². The largest absolute Gasteiger partial charge is 0.395 e. The van der Waals surface area contributed by atoms with Crippen molar-refractivity contribution in [1.29, 1.82) is 0 Å². The molecule has 30 heavy (non-hydrogen) atoms. The van der Waals surface area contributed by atoms with Crippen LogP contribution in [0.5, 0.6) is 0 Å². The lowest BCUT2D eigenvalue weighted by molar-refractivity contribution is 0.0917. The fourth-order valence-corrected chi connectivity index (χ4v) is 5.30. The normalized spacial score (nSPS) is 23.3. The zero-order valence-corrected chi connectivity index (χ0v) is 17.7. The van der Waals surface area contributed by atoms with Crippen LogP contribution >= 0.6 is 0 Å². The van der Waals surface area contributed by atoms with Gasteiger partial charge >= 0.3 is 0 Å². The standard InChI is InChI=1S/C24H34N4O2/c29-12-11-25-9-10-26-23-8-7-20-21(5-2-6-22(20)28-23)24(30)27-16-19-14-17-3-1-4-18(13-17)15-19/h2,5-8,17-19,25,29H,1,3-4,9-16H2,(H,26,28)(H,27,30). The number of hydrogen-bond acceptors (Lipinski definition) is 5. The first kappa shape index (κ1) is 21.1. The second kappa shape index (κ2) is 10.2. The molecule has 1 heterocycles. The molecule has 2 fully saturated rings. The summed E-state index contributed by atoms with van der Waals surface area (Å²) in [6.45, 7) is 3.00. The van der Waals surface area contributed by atoms with Crippen molar-refractivity contribution in [2.24, 2.45) is 17.8 Å². The Labute approximate surface area is 178 Å². The van der Waals surface area contributed by atoms with E-state index in [4.69, 9.17) is 5.11 Å². The molecule has 2 saturated carbocycles. The maximum atomic E-state index is 12.9. The molecular formula is C24H34N4O2. The Morgan fingerprint density at radius 3 is 2.67 bits per heavy atom. The monoisotopic (exact) mass is 410 g/mol. The summed E-state index contributed by atoms with van der Waals surface area (Å²) >= 11 is 0. The van der Waals surface area contributed by atoms with Gasteiger partial charge in [0.05, 0.1) is 12.1 Å². The number of nitrogens with zero attached hydrogens (tertiary/aromatic N) is 1. The number of carbonyl (C=O) groups excluding carboxylic acids is 1. The van der Waals surface area contributed by atoms with Gasteiger partial charge in [-0.15, -0.1) is 0 Å². The van der Waals surface area contributed by atoms with E-state index in [-0.39, 0.29) is 12.5 Å². The Kier molecular flexibility index (Phi) is 7.18. The molecule has 1 aromatic heterocycles. The van der Waals surface area contributed by atoms with Gasteiger partial charge in [-0.2, -0.15) is 0 Å². The van der Waals surface area contributed by atoms with E-state index in [2.05, 4.69) is 20.9 Å². The summed E-state index contributed by atoms with van der Waals surface area (Å²) in [6, 6.07) is 9.64. The van der Waals surface area contributed by atoms with Crippen LogP contribution in [-0.4, -0.2) is 48.8 Å². The van der Waals surface area contributed by atoms with Gasteiger partial charge in [0.2, 0.25) is 0 Å². The molecule has 2 atom stereocenters. The minimum absolute atomic E-state index is 0.00652. The smallest absolute Gasteiger partial charge is 0.251 e. The van der Waals surface area contributed by atoms with E-state index in [9.17, 15) is 4.79 Å². The number of rotatable bonds is 9. The van der Waals surface area contributed by atoms with Crippen LogP contribution in [0.3, 0.4) is 0 Å². The maximum absolute atomic E-state index is 12.9. The summed E-state index contributed by atoms with van der Waals surface area (Å²) in [5.74, 6) is 3.19. The summed E-state index contributed by atoms with van der Waals surface area (Å²) in [7, 11) is 0. The van der Waals surface area contributed by atoms with Gasteiger partial charge in [0.15, 0.2) is 0 Å². The molecule has 1 aromatic carbocycles. The van der Waals surface area contributed by atoms with Crippen molar-refractivity contribution in [2.45, 2.75) is 38.5 Å². The van der Waals surface area contributed by atoms with Crippen LogP contribution in [0, 0.1) is 17.8 Å². The lowest BCUT2D eigenvalue weighted by Crippen LogP contribution is -2.35. The number of aliphatic hydroxyl groups excluding tert-OH is 1. The van der Waals surface area contributed by atoms with Crippen LogP contribution in [0.25, 0.3) is 10.9 Å². The number of hydrogen-bond donors (Lipinski definition) is 4. The van der Waals surface area contributed by atoms with E-state index < -0.39 is 0 Å². The Bertz CT molecular complexity index is 844. The molecule has 0 radical (unpaired) electrons. The van der Waals surface area contributed by atoms with E-state index in [1.165, 1.54) is 38.5 Å². The number of amides is 1. The zero-order valence-electron chi connectivity index (χ0n) is 17.7. The number of anilines is 1. The molecule has 2 aliphatic rings. The lowest BCUT2D eigenvalue weighted by atomic mass is 9.68. The van der Waals surface area contributed by atoms with Gasteiger partial charge in [-0.05, 0) is 61.3 Å². The molecule has 1 amide bonds. The number of carbonyl (C=O) groups is 1. The lowest BCUT2D eigenvalue weighted by Gasteiger charge is -2.39. The molecule has 162 valence electrons. The van der Waals surface area contributed by atoms with Crippen molar-refractivity contribution < 1.29 is 9.90 Å². The fourth-order valence-electron chi connectivity index (χ4n) is 5.30. The zero-order chi connectivity index (χ0) is 20.8. The van der Waals surface area contributed by atoms with Crippen LogP contribution in [0.4, 0.5) is 5.82 Å². The molecule has 2 bridgehead atoms. The average Bonchev–Trinajstić information content (AvgIpc) is 2.76. The molecule has 2 aliphatic carbocycles. The third-order valence-corrected chi connectivity index (χ3v) is 6.65. The Morgan fingerprint density at radius 1 is 1.03 bits per heavy atom. The third-order valence-electron chi connectivity index (χ3n) is 6.65. The fraction of sp³-hybridized carbons (Fsp3) is 0.583. The highest BCUT2D eigenvalue weighted by Gasteiger charge is 2.31. The van der Waals surface area contributed by atoms with Crippen LogP contribution in [-0.2, 0) is 0 Å². The number of nitrogens with one attached hydrogen (secondary N) is 3. The first-order valence-corrected chi connectivity index (χ1v) is 11.5. The highest BCUT2D eigenvalue weighted by Crippen LogP contribution is 2.42. The first-order valence-electron chi connectivity index (χ1n) is 11.5. The van der Waals surface area contributed by atoms with Crippen LogP contribution in [0.2, 0.25) is 0 Å². The van der Waals surface area contributed by atoms with Crippen molar-refractivity contribution >= 4 is 22.6 Å². The molecule has 6 nitrogen and oxygen atoms in total. The summed E-state index contributed by atoms with van der Waals surface area (Å²) in [6.07, 6.45) is 8.11. The topological polar surface area (TPSA) is 86.3 Å². The summed E-state index contributed by atoms with van der Waals surface area (Å²) in [4.78, 5) is 17.6. The molecule has 2 unspecified atom stereocenters. The van der Waals surface area contributed by atoms with E-state index >= 15 is 0 Å². The van der Waals surface area contributed by atoms with Crippen molar-refractivity contribution in [3.63, 3.8) is 0 Å². The molecule has 0 aliphatic heterocycles. The number of fused-ring (bicyclic) bond motifs is 3. The number of aliphatic hydroxyl groups is 1. The van der Waals surface area contributed by atoms with Gasteiger partial charge in [-0.25, -0.2) is 4.98 Å². The van der Waals surface area contributed by atoms with Crippen LogP contribution in [0.1, 0.15) is 48.9 Å². The van der Waals surface area contributed by atoms with E-state index in [1.54, 1.807) is 0 Å². The Morgan fingerprint density at radius 2 is 1.87 bits per heavy atom. The predicted molar refractivity (Wildman–Crippen MR) is 121 cm³/mol. The molecular weight excluding hydrogens is 376 g/mol. The summed E-state index contributed by atoms with van der Waals surface area (Å²) in [5.41, 5.74) is 1.52. The highest BCUT2D eigenvalue weighted by atomic mass is 16.3. The molecule has 4 N–H and O–H groups in total. The summed E-state index contributed by atoms with van der Waals surface area (Å²) < 4.78 is 0. The average molecular weight is 411 g/mol. The van der Waals surface area contributed by atoms with Gasteiger partial charge in [0, 0.05) is 37.1 Å². The minimum atomic E-state index is 0.00652. The number of benzene rings is 1. The van der Waals surface area contributed by atoms with E-state index in [0.717, 1.165) is 48.2 Å². The van der Waals surface area contributed by atoms with E-state index in [1.807, 2.05) is 30.3 Å². The second-order valence-electron chi connectivity index (χ2n) is 8.92. The molecule has 6 heteroatoms. The minimum Gasteiger partial charge on any atom is -0.395 e. The van der Waals surface area contributed by atoms with Crippen LogP contribution in [0.15, 0.2) is 30.3 Å². The van der Waals surface area contributed by atoms with Crippen LogP contribution < -0.4 is 16.0 Å². The van der Waals surface area contributed by atoms with Crippen molar-refractivity contribution in [2.75, 3.05) is 38.1 Å². The van der Waals surface area contributed by atoms with Gasteiger partial charge in [-0.1, -0.05) is 25.3 Å². The quantitative estimate of drug-likeness (QED) is 0.477. The third kappa shape index (κ3) is 5.29.